The first kappa shape index (κ1) is 21.1. The summed E-state index contributed by atoms with van der Waals surface area (Å²) in [6, 6.07) is 21.1. The van der Waals surface area contributed by atoms with Crippen molar-refractivity contribution < 1.29 is 4.39 Å². The summed E-state index contributed by atoms with van der Waals surface area (Å²) in [7, 11) is 2.21. The number of hydrogen-bond donors (Lipinski definition) is 0. The van der Waals surface area contributed by atoms with Crippen LogP contribution in [0.1, 0.15) is 56.2 Å². The van der Waals surface area contributed by atoms with Gasteiger partial charge in [-0.2, -0.15) is 5.26 Å². The van der Waals surface area contributed by atoms with E-state index in [-0.39, 0.29) is 0 Å². The summed E-state index contributed by atoms with van der Waals surface area (Å²) in [4.78, 5) is 2.45. The van der Waals surface area contributed by atoms with E-state index < -0.39 is 5.67 Å². The van der Waals surface area contributed by atoms with Gasteiger partial charge >= 0.3 is 0 Å². The molecule has 0 aliphatic heterocycles. The molecule has 0 spiro atoms. The predicted molar refractivity (Wildman–Crippen MR) is 110 cm³/mol. The van der Waals surface area contributed by atoms with Crippen molar-refractivity contribution in [1.29, 1.82) is 5.26 Å². The van der Waals surface area contributed by atoms with Gasteiger partial charge in [0.05, 0.1) is 6.07 Å². The number of hydrogen-bond acceptors (Lipinski definition) is 2. The molecule has 2 aromatic carbocycles. The van der Waals surface area contributed by atoms with Crippen molar-refractivity contribution in [2.45, 2.75) is 64.2 Å². The molecule has 27 heavy (non-hydrogen) atoms. The van der Waals surface area contributed by atoms with Crippen molar-refractivity contribution in [2.75, 3.05) is 7.05 Å². The summed E-state index contributed by atoms with van der Waals surface area (Å²) < 4.78 is 14.0. The second kappa shape index (κ2) is 10.2. The van der Waals surface area contributed by atoms with E-state index >= 15 is 0 Å². The molecule has 1 fully saturated rings. The summed E-state index contributed by atoms with van der Waals surface area (Å²) in [5.74, 6) is 0. The Bertz CT molecular complexity index is 714. The van der Waals surface area contributed by atoms with E-state index in [1.165, 1.54) is 18.1 Å². The maximum absolute atomic E-state index is 14.0. The lowest BCUT2D eigenvalue weighted by atomic mass is 9.99. The lowest BCUT2D eigenvalue weighted by molar-refractivity contribution is 0.216. The van der Waals surface area contributed by atoms with E-state index in [1.807, 2.05) is 12.1 Å². The normalized spacial score (nSPS) is 15.4. The maximum atomic E-state index is 14.0. The van der Waals surface area contributed by atoms with Crippen LogP contribution in [-0.2, 0) is 18.6 Å². The molecule has 1 aliphatic rings. The Kier molecular flexibility index (Phi) is 8.00. The van der Waals surface area contributed by atoms with E-state index in [0.717, 1.165) is 31.4 Å². The average molecular weight is 367 g/mol. The lowest BCUT2D eigenvalue weighted by Crippen LogP contribution is -2.31. The molecule has 3 heteroatoms. The molecule has 2 nitrogen and oxygen atoms in total. The molecule has 0 aromatic heterocycles. The zero-order valence-corrected chi connectivity index (χ0v) is 16.8. The summed E-state index contributed by atoms with van der Waals surface area (Å²) in [6.07, 6.45) is 4.72. The number of benzene rings is 2. The molecule has 1 aliphatic carbocycles. The van der Waals surface area contributed by atoms with Gasteiger partial charge in [-0.3, -0.25) is 4.90 Å². The van der Waals surface area contributed by atoms with Crippen molar-refractivity contribution in [3.8, 4) is 6.07 Å². The number of aryl methyl sites for hydroxylation is 1. The molecule has 0 radical (unpaired) electrons. The van der Waals surface area contributed by atoms with Crippen molar-refractivity contribution in [3.63, 3.8) is 0 Å². The minimum atomic E-state index is -1.01. The largest absolute Gasteiger partial charge is 0.299 e. The molecule has 1 saturated carbocycles. The van der Waals surface area contributed by atoms with Crippen molar-refractivity contribution in [3.05, 3.63) is 71.3 Å². The number of rotatable bonds is 8. The minimum Gasteiger partial charge on any atom is -0.299 e. The SMILES string of the molecule is CC#N.CCC(CCc1ccc(C2(F)CC2)cc1)N(C)Cc1ccccc1. The fraction of sp³-hybridized carbons (Fsp3) is 0.458. The van der Waals surface area contributed by atoms with Crippen molar-refractivity contribution in [2.24, 2.45) is 0 Å². The molecular formula is C24H31FN2. The van der Waals surface area contributed by atoms with Crippen LogP contribution in [0.5, 0.6) is 0 Å². The number of halogens is 1. The third-order valence-corrected chi connectivity index (χ3v) is 5.30. The van der Waals surface area contributed by atoms with Crippen LogP contribution in [0.4, 0.5) is 4.39 Å². The monoisotopic (exact) mass is 366 g/mol. The van der Waals surface area contributed by atoms with E-state index in [9.17, 15) is 4.39 Å². The highest BCUT2D eigenvalue weighted by Crippen LogP contribution is 2.49. The molecule has 1 unspecified atom stereocenters. The third kappa shape index (κ3) is 6.48. The highest BCUT2D eigenvalue weighted by molar-refractivity contribution is 5.31. The van der Waals surface area contributed by atoms with Gasteiger partial charge in [0.1, 0.15) is 5.67 Å². The van der Waals surface area contributed by atoms with E-state index in [2.05, 4.69) is 61.3 Å². The van der Waals surface area contributed by atoms with Gasteiger partial charge in [0.15, 0.2) is 0 Å². The van der Waals surface area contributed by atoms with Gasteiger partial charge in [0, 0.05) is 19.5 Å². The van der Waals surface area contributed by atoms with Crippen LogP contribution in [0, 0.1) is 11.3 Å². The van der Waals surface area contributed by atoms with Crippen LogP contribution >= 0.6 is 0 Å². The van der Waals surface area contributed by atoms with Crippen LogP contribution in [0.3, 0.4) is 0 Å². The van der Waals surface area contributed by atoms with Gasteiger partial charge in [-0.1, -0.05) is 61.5 Å². The van der Waals surface area contributed by atoms with E-state index in [1.54, 1.807) is 6.07 Å². The molecule has 0 N–H and O–H groups in total. The van der Waals surface area contributed by atoms with Crippen molar-refractivity contribution >= 4 is 0 Å². The van der Waals surface area contributed by atoms with E-state index in [0.29, 0.717) is 18.9 Å². The highest BCUT2D eigenvalue weighted by atomic mass is 19.1. The molecule has 0 heterocycles. The first-order valence-electron chi connectivity index (χ1n) is 9.85. The zero-order valence-electron chi connectivity index (χ0n) is 16.8. The van der Waals surface area contributed by atoms with Gasteiger partial charge in [-0.25, -0.2) is 4.39 Å². The molecule has 2 aromatic rings. The molecule has 0 saturated heterocycles. The summed E-state index contributed by atoms with van der Waals surface area (Å²) in [5, 5.41) is 7.32. The van der Waals surface area contributed by atoms with Gasteiger partial charge < -0.3 is 0 Å². The van der Waals surface area contributed by atoms with Crippen LogP contribution in [-0.4, -0.2) is 18.0 Å². The standard InChI is InChI=1S/C22H28FN.C2H3N/c1-3-21(24(2)17-19-7-5-4-6-8-19)14-11-18-9-12-20(13-10-18)22(23)15-16-22;1-2-3/h4-10,12-13,21H,3,11,14-17H2,1-2H3;1H3. The molecule has 1 atom stereocenters. The minimum absolute atomic E-state index is 0.570. The Balaban J connectivity index is 0.000000817. The summed E-state index contributed by atoms with van der Waals surface area (Å²) in [6.45, 7) is 4.68. The smallest absolute Gasteiger partial charge is 0.136 e. The van der Waals surface area contributed by atoms with Crippen LogP contribution < -0.4 is 0 Å². The Morgan fingerprint density at radius 1 is 1.07 bits per heavy atom. The second-order valence-corrected chi connectivity index (χ2v) is 7.39. The molecular weight excluding hydrogens is 335 g/mol. The second-order valence-electron chi connectivity index (χ2n) is 7.39. The molecule has 0 amide bonds. The molecule has 144 valence electrons. The van der Waals surface area contributed by atoms with Gasteiger partial charge in [0.25, 0.3) is 0 Å². The fourth-order valence-electron chi connectivity index (χ4n) is 3.44. The van der Waals surface area contributed by atoms with Gasteiger partial charge in [-0.15, -0.1) is 0 Å². The zero-order chi connectivity index (χ0) is 19.7. The maximum Gasteiger partial charge on any atom is 0.136 e. The average Bonchev–Trinajstić information content (AvgIpc) is 3.43. The number of nitrogens with zero attached hydrogens (tertiary/aromatic N) is 2. The quantitative estimate of drug-likeness (QED) is 0.571. The van der Waals surface area contributed by atoms with Crippen LogP contribution in [0.15, 0.2) is 54.6 Å². The topological polar surface area (TPSA) is 27.0 Å². The highest BCUT2D eigenvalue weighted by Gasteiger charge is 2.44. The third-order valence-electron chi connectivity index (χ3n) is 5.30. The Hall–Kier alpha value is -2.18. The number of alkyl halides is 1. The fourth-order valence-corrected chi connectivity index (χ4v) is 3.44. The Labute approximate surface area is 163 Å². The van der Waals surface area contributed by atoms with Crippen molar-refractivity contribution in [1.82, 2.24) is 4.90 Å². The number of nitriles is 1. The Morgan fingerprint density at radius 2 is 1.67 bits per heavy atom. The molecule has 3 rings (SSSR count). The summed E-state index contributed by atoms with van der Waals surface area (Å²) in [5.41, 5.74) is 2.52. The van der Waals surface area contributed by atoms with Crippen LogP contribution in [0.2, 0.25) is 0 Å². The predicted octanol–water partition coefficient (Wildman–Crippen LogP) is 6.02. The van der Waals surface area contributed by atoms with Crippen LogP contribution in [0.25, 0.3) is 0 Å². The van der Waals surface area contributed by atoms with Gasteiger partial charge in [0.2, 0.25) is 0 Å². The lowest BCUT2D eigenvalue weighted by Gasteiger charge is -2.27. The molecule has 0 bridgehead atoms. The Morgan fingerprint density at radius 3 is 2.19 bits per heavy atom. The van der Waals surface area contributed by atoms with Gasteiger partial charge in [-0.05, 0) is 55.8 Å². The first-order valence-corrected chi connectivity index (χ1v) is 9.85. The summed E-state index contributed by atoms with van der Waals surface area (Å²) >= 11 is 0. The first-order chi connectivity index (χ1) is 13.0. The van der Waals surface area contributed by atoms with E-state index in [4.69, 9.17) is 5.26 Å².